The van der Waals surface area contributed by atoms with E-state index >= 15 is 0 Å². The van der Waals surface area contributed by atoms with Gasteiger partial charge < -0.3 is 19.6 Å². The number of alkyl halides is 3. The first-order chi connectivity index (χ1) is 12.1. The fraction of sp³-hybridized carbons (Fsp3) is 0.625. The maximum absolute atomic E-state index is 11.8. The van der Waals surface area contributed by atoms with Gasteiger partial charge in [-0.2, -0.15) is 13.2 Å². The lowest BCUT2D eigenvalue weighted by atomic mass is 10.00. The number of nitrogens with one attached hydrogen (secondary N) is 1. The lowest BCUT2D eigenvalue weighted by Crippen LogP contribution is -2.44. The average molecular weight is 378 g/mol. The first kappa shape index (κ1) is 20.2. The Balaban J connectivity index is 0.000000298. The van der Waals surface area contributed by atoms with E-state index in [0.29, 0.717) is 0 Å². The molecule has 26 heavy (non-hydrogen) atoms. The Kier molecular flexibility index (Phi) is 6.30. The highest BCUT2D eigenvalue weighted by Gasteiger charge is 2.44. The van der Waals surface area contributed by atoms with Gasteiger partial charge in [-0.3, -0.25) is 9.69 Å². The van der Waals surface area contributed by atoms with E-state index in [9.17, 15) is 18.0 Å². The number of furan rings is 1. The second-order valence-corrected chi connectivity index (χ2v) is 6.26. The molecular formula is C16H21F3N2O5. The van der Waals surface area contributed by atoms with Crippen LogP contribution in [0.25, 0.3) is 0 Å². The molecule has 1 amide bonds. The molecule has 2 N–H and O–H groups in total. The van der Waals surface area contributed by atoms with Gasteiger partial charge in [0, 0.05) is 20.1 Å². The van der Waals surface area contributed by atoms with Crippen molar-refractivity contribution in [2.45, 2.75) is 38.3 Å². The van der Waals surface area contributed by atoms with Crippen molar-refractivity contribution in [3.63, 3.8) is 0 Å². The zero-order valence-electron chi connectivity index (χ0n) is 14.4. The fourth-order valence-electron chi connectivity index (χ4n) is 3.12. The number of aliphatic carboxylic acids is 1. The summed E-state index contributed by atoms with van der Waals surface area (Å²) in [5.41, 5.74) is 0. The number of nitrogens with zero attached hydrogens (tertiary/aromatic N) is 1. The molecule has 10 heteroatoms. The SMILES string of the molecule is CNC(=O)[C@H]1C[C@@H]2CN(Cc3ccc(C)o3)C[C@H]1O2.O=C(O)C(F)(F)F. The van der Waals surface area contributed by atoms with Gasteiger partial charge in [0.15, 0.2) is 0 Å². The number of hydrogen-bond acceptors (Lipinski definition) is 5. The molecule has 2 bridgehead atoms. The van der Waals surface area contributed by atoms with Crippen LogP contribution in [-0.2, 0) is 20.9 Å². The summed E-state index contributed by atoms with van der Waals surface area (Å²) >= 11 is 0. The van der Waals surface area contributed by atoms with Gasteiger partial charge in [0.25, 0.3) is 0 Å². The Morgan fingerprint density at radius 1 is 1.35 bits per heavy atom. The van der Waals surface area contributed by atoms with Crippen molar-refractivity contribution >= 4 is 11.9 Å². The number of rotatable bonds is 3. The number of halogens is 3. The largest absolute Gasteiger partial charge is 0.490 e. The lowest BCUT2D eigenvalue weighted by molar-refractivity contribution is -0.192. The maximum Gasteiger partial charge on any atom is 0.490 e. The number of carboxylic acids is 1. The fourth-order valence-corrected chi connectivity index (χ4v) is 3.12. The van der Waals surface area contributed by atoms with Gasteiger partial charge in [0.1, 0.15) is 11.5 Å². The minimum absolute atomic E-state index is 0.00154. The van der Waals surface area contributed by atoms with Crippen molar-refractivity contribution in [2.24, 2.45) is 5.92 Å². The zero-order chi connectivity index (χ0) is 19.5. The number of fused-ring (bicyclic) bond motifs is 2. The predicted molar refractivity (Wildman–Crippen MR) is 83.2 cm³/mol. The third kappa shape index (κ3) is 5.21. The van der Waals surface area contributed by atoms with Crippen LogP contribution >= 0.6 is 0 Å². The van der Waals surface area contributed by atoms with E-state index in [1.807, 2.05) is 19.1 Å². The third-order valence-corrected chi connectivity index (χ3v) is 4.23. The summed E-state index contributed by atoms with van der Waals surface area (Å²) in [5, 5.41) is 9.86. The molecule has 1 aromatic rings. The van der Waals surface area contributed by atoms with Crippen LogP contribution in [0.4, 0.5) is 13.2 Å². The minimum atomic E-state index is -5.08. The standard InChI is InChI=1S/C14H20N2O3.C2HF3O2/c1-9-3-4-10(18-9)6-16-7-11-5-12(14(17)15-2)13(8-16)19-11;3-2(4,5)1(6)7/h3-4,11-13H,5-8H2,1-2H3,(H,15,17);(H,6,7)/t11-,12+,13-;/m1./s1. The Morgan fingerprint density at radius 2 is 2.00 bits per heavy atom. The summed E-state index contributed by atoms with van der Waals surface area (Å²) in [7, 11) is 1.69. The van der Waals surface area contributed by atoms with Gasteiger partial charge in [-0.05, 0) is 25.5 Å². The van der Waals surface area contributed by atoms with Gasteiger partial charge in [0.2, 0.25) is 5.91 Å². The molecule has 0 radical (unpaired) electrons. The molecule has 2 fully saturated rings. The van der Waals surface area contributed by atoms with Crippen molar-refractivity contribution in [2.75, 3.05) is 20.1 Å². The zero-order valence-corrected chi connectivity index (χ0v) is 14.4. The number of ether oxygens (including phenoxy) is 1. The summed E-state index contributed by atoms with van der Waals surface area (Å²) in [4.78, 5) is 23.0. The Morgan fingerprint density at radius 3 is 2.50 bits per heavy atom. The molecule has 2 saturated heterocycles. The average Bonchev–Trinajstić information content (AvgIpc) is 3.09. The number of amides is 1. The number of carboxylic acid groups (broad SMARTS) is 1. The quantitative estimate of drug-likeness (QED) is 0.829. The highest BCUT2D eigenvalue weighted by atomic mass is 19.4. The van der Waals surface area contributed by atoms with Crippen LogP contribution in [0.15, 0.2) is 16.5 Å². The Bertz CT molecular complexity index is 646. The van der Waals surface area contributed by atoms with E-state index in [4.69, 9.17) is 19.1 Å². The molecule has 3 atom stereocenters. The van der Waals surface area contributed by atoms with Crippen LogP contribution in [-0.4, -0.2) is 60.4 Å². The van der Waals surface area contributed by atoms with Crippen LogP contribution in [0.3, 0.4) is 0 Å². The molecule has 0 aliphatic carbocycles. The molecule has 146 valence electrons. The van der Waals surface area contributed by atoms with E-state index in [0.717, 1.165) is 37.6 Å². The van der Waals surface area contributed by atoms with Crippen LogP contribution in [0.1, 0.15) is 17.9 Å². The molecule has 0 spiro atoms. The second-order valence-electron chi connectivity index (χ2n) is 6.26. The van der Waals surface area contributed by atoms with Gasteiger partial charge in [0.05, 0.1) is 24.7 Å². The first-order valence-corrected chi connectivity index (χ1v) is 8.05. The highest BCUT2D eigenvalue weighted by Crippen LogP contribution is 2.32. The smallest absolute Gasteiger partial charge is 0.475 e. The van der Waals surface area contributed by atoms with Crippen LogP contribution in [0, 0.1) is 12.8 Å². The maximum atomic E-state index is 11.8. The van der Waals surface area contributed by atoms with Crippen LogP contribution in [0.5, 0.6) is 0 Å². The molecule has 2 aliphatic rings. The molecule has 3 rings (SSSR count). The van der Waals surface area contributed by atoms with E-state index in [1.54, 1.807) is 7.05 Å². The summed E-state index contributed by atoms with van der Waals surface area (Å²) < 4.78 is 43.2. The molecule has 0 unspecified atom stereocenters. The highest BCUT2D eigenvalue weighted by molar-refractivity contribution is 5.79. The number of carbonyl (C=O) groups is 2. The third-order valence-electron chi connectivity index (χ3n) is 4.23. The first-order valence-electron chi connectivity index (χ1n) is 8.05. The second kappa shape index (κ2) is 8.09. The van der Waals surface area contributed by atoms with Gasteiger partial charge in [-0.1, -0.05) is 0 Å². The van der Waals surface area contributed by atoms with E-state index in [-0.39, 0.29) is 24.0 Å². The molecule has 0 saturated carbocycles. The number of likely N-dealkylation sites (tertiary alicyclic amines) is 1. The van der Waals surface area contributed by atoms with Crippen molar-refractivity contribution in [3.05, 3.63) is 23.7 Å². The van der Waals surface area contributed by atoms with Crippen LogP contribution < -0.4 is 5.32 Å². The molecule has 1 aromatic heterocycles. The lowest BCUT2D eigenvalue weighted by Gasteiger charge is -2.32. The van der Waals surface area contributed by atoms with E-state index in [2.05, 4.69) is 10.2 Å². The molecule has 2 aliphatic heterocycles. The topological polar surface area (TPSA) is 92.0 Å². The molecular weight excluding hydrogens is 357 g/mol. The normalized spacial score (nSPS) is 25.3. The number of carbonyl (C=O) groups excluding carboxylic acids is 1. The monoisotopic (exact) mass is 378 g/mol. The molecule has 0 aromatic carbocycles. The number of aryl methyl sites for hydroxylation is 1. The summed E-state index contributed by atoms with van der Waals surface area (Å²) in [6.45, 7) is 4.43. The summed E-state index contributed by atoms with van der Waals surface area (Å²) in [6, 6.07) is 4.00. The van der Waals surface area contributed by atoms with Gasteiger partial charge >= 0.3 is 12.1 Å². The Hall–Kier alpha value is -2.07. The van der Waals surface area contributed by atoms with Gasteiger partial charge in [-0.15, -0.1) is 0 Å². The van der Waals surface area contributed by atoms with Gasteiger partial charge in [-0.25, -0.2) is 4.79 Å². The molecule has 7 nitrogen and oxygen atoms in total. The van der Waals surface area contributed by atoms with Crippen molar-refractivity contribution in [1.29, 1.82) is 0 Å². The van der Waals surface area contributed by atoms with E-state index in [1.165, 1.54) is 0 Å². The predicted octanol–water partition coefficient (Wildman–Crippen LogP) is 1.56. The summed E-state index contributed by atoms with van der Waals surface area (Å²) in [6.07, 6.45) is -4.05. The Labute approximate surface area is 148 Å². The molecule has 3 heterocycles. The van der Waals surface area contributed by atoms with Crippen LogP contribution in [0.2, 0.25) is 0 Å². The minimum Gasteiger partial charge on any atom is -0.475 e. The number of morpholine rings is 1. The van der Waals surface area contributed by atoms with Crippen molar-refractivity contribution in [3.8, 4) is 0 Å². The van der Waals surface area contributed by atoms with Crippen molar-refractivity contribution in [1.82, 2.24) is 10.2 Å². The summed E-state index contributed by atoms with van der Waals surface area (Å²) in [5.74, 6) is -0.737. The number of hydrogen-bond donors (Lipinski definition) is 2. The van der Waals surface area contributed by atoms with E-state index < -0.39 is 12.1 Å². The van der Waals surface area contributed by atoms with Crippen molar-refractivity contribution < 1.29 is 37.0 Å².